The predicted octanol–water partition coefficient (Wildman–Crippen LogP) is 2.55. The van der Waals surface area contributed by atoms with E-state index in [2.05, 4.69) is 4.72 Å². The van der Waals surface area contributed by atoms with Gasteiger partial charge in [-0.25, -0.2) is 8.93 Å². The van der Waals surface area contributed by atoms with Crippen LogP contribution in [0.3, 0.4) is 0 Å². The molecule has 0 aliphatic rings. The second-order valence-electron chi connectivity index (χ2n) is 5.55. The van der Waals surface area contributed by atoms with Crippen LogP contribution in [0, 0.1) is 0 Å². The van der Waals surface area contributed by atoms with Gasteiger partial charge in [0.25, 0.3) is 0 Å². The number of benzene rings is 1. The number of rotatable bonds is 5. The molecule has 3 atom stereocenters. The van der Waals surface area contributed by atoms with E-state index in [0.29, 0.717) is 6.42 Å². The van der Waals surface area contributed by atoms with E-state index in [0.717, 1.165) is 5.56 Å². The van der Waals surface area contributed by atoms with Gasteiger partial charge in [0, 0.05) is 6.04 Å². The summed E-state index contributed by atoms with van der Waals surface area (Å²) >= 11 is 0. The van der Waals surface area contributed by atoms with Gasteiger partial charge in [-0.15, -0.1) is 0 Å². The van der Waals surface area contributed by atoms with Gasteiger partial charge in [0.15, 0.2) is 0 Å². The Labute approximate surface area is 112 Å². The highest BCUT2D eigenvalue weighted by molar-refractivity contribution is 7.84. The van der Waals surface area contributed by atoms with E-state index in [9.17, 15) is 9.32 Å². The number of nitrogens with one attached hydrogen (secondary N) is 1. The Morgan fingerprint density at radius 3 is 2.28 bits per heavy atom. The molecule has 3 nitrogen and oxygen atoms in total. The molecule has 0 bridgehead atoms. The maximum Gasteiger partial charge on any atom is 0.0975 e. The smallest absolute Gasteiger partial charge is 0.0975 e. The molecule has 102 valence electrons. The van der Waals surface area contributed by atoms with Gasteiger partial charge in [-0.3, -0.25) is 0 Å². The van der Waals surface area contributed by atoms with E-state index in [1.165, 1.54) is 0 Å². The number of aliphatic hydroxyl groups is 1. The highest BCUT2D eigenvalue weighted by Gasteiger charge is 2.24. The fraction of sp³-hybridized carbons (Fsp3) is 0.571. The van der Waals surface area contributed by atoms with Crippen molar-refractivity contribution in [2.45, 2.75) is 51.0 Å². The first-order chi connectivity index (χ1) is 8.30. The van der Waals surface area contributed by atoms with Gasteiger partial charge < -0.3 is 5.11 Å². The van der Waals surface area contributed by atoms with E-state index in [1.807, 2.05) is 51.1 Å². The minimum Gasteiger partial charge on any atom is -0.393 e. The Balaban J connectivity index is 2.84. The lowest BCUT2D eigenvalue weighted by Crippen LogP contribution is -2.36. The molecule has 0 spiro atoms. The van der Waals surface area contributed by atoms with Crippen molar-refractivity contribution < 1.29 is 9.32 Å². The third-order valence-electron chi connectivity index (χ3n) is 2.58. The molecule has 1 rings (SSSR count). The summed E-state index contributed by atoms with van der Waals surface area (Å²) in [6.45, 7) is 7.54. The fourth-order valence-corrected chi connectivity index (χ4v) is 2.43. The summed E-state index contributed by atoms with van der Waals surface area (Å²) in [6, 6.07) is 9.73. The third-order valence-corrected chi connectivity index (χ3v) is 4.20. The zero-order valence-corrected chi connectivity index (χ0v) is 12.3. The Hall–Kier alpha value is -0.710. The quantitative estimate of drug-likeness (QED) is 0.863. The molecule has 0 unspecified atom stereocenters. The van der Waals surface area contributed by atoms with Gasteiger partial charge in [-0.2, -0.15) is 0 Å². The average molecular weight is 269 g/mol. The summed E-state index contributed by atoms with van der Waals surface area (Å²) in [5.41, 5.74) is 1.05. The van der Waals surface area contributed by atoms with E-state index >= 15 is 0 Å². The molecule has 1 aromatic rings. The summed E-state index contributed by atoms with van der Waals surface area (Å²) in [7, 11) is -1.15. The molecule has 0 fully saturated rings. The topological polar surface area (TPSA) is 49.3 Å². The highest BCUT2D eigenvalue weighted by atomic mass is 32.2. The average Bonchev–Trinajstić information content (AvgIpc) is 2.27. The third kappa shape index (κ3) is 4.88. The monoisotopic (exact) mass is 269 g/mol. The molecular weight excluding hydrogens is 246 g/mol. The normalized spacial score (nSPS) is 17.2. The first-order valence-electron chi connectivity index (χ1n) is 6.21. The van der Waals surface area contributed by atoms with E-state index < -0.39 is 17.1 Å². The summed E-state index contributed by atoms with van der Waals surface area (Å²) in [5.74, 6) is 0. The number of hydrogen-bond donors (Lipinski definition) is 2. The predicted molar refractivity (Wildman–Crippen MR) is 76.5 cm³/mol. The van der Waals surface area contributed by atoms with Gasteiger partial charge in [0.1, 0.15) is 0 Å². The maximum atomic E-state index is 12.1. The van der Waals surface area contributed by atoms with E-state index in [-0.39, 0.29) is 10.8 Å². The Kier molecular flexibility index (Phi) is 5.50. The first kappa shape index (κ1) is 15.3. The molecule has 0 saturated carbocycles. The van der Waals surface area contributed by atoms with Crippen LogP contribution in [0.2, 0.25) is 0 Å². The molecule has 4 heteroatoms. The molecule has 1 aromatic carbocycles. The summed E-state index contributed by atoms with van der Waals surface area (Å²) in [6.07, 6.45) is 0.117. The van der Waals surface area contributed by atoms with Crippen molar-refractivity contribution in [1.29, 1.82) is 0 Å². The maximum absolute atomic E-state index is 12.1. The van der Waals surface area contributed by atoms with Gasteiger partial charge in [0.05, 0.1) is 21.8 Å². The minimum atomic E-state index is -1.15. The Bertz CT molecular complexity index is 385. The lowest BCUT2D eigenvalue weighted by atomic mass is 10.0. The van der Waals surface area contributed by atoms with Crippen LogP contribution >= 0.6 is 0 Å². The molecule has 18 heavy (non-hydrogen) atoms. The second kappa shape index (κ2) is 6.45. The van der Waals surface area contributed by atoms with Crippen LogP contribution in [0.15, 0.2) is 30.3 Å². The minimum absolute atomic E-state index is 0.0914. The summed E-state index contributed by atoms with van der Waals surface area (Å²) in [4.78, 5) is 0. The van der Waals surface area contributed by atoms with Crippen molar-refractivity contribution >= 4 is 11.0 Å². The molecule has 0 radical (unpaired) electrons. The van der Waals surface area contributed by atoms with Crippen LogP contribution in [-0.2, 0) is 11.0 Å². The SMILES string of the molecule is C[C@@H](O)C[C@@H](N[S@@](=O)C(C)(C)C)c1ccccc1. The van der Waals surface area contributed by atoms with Crippen molar-refractivity contribution in [3.63, 3.8) is 0 Å². The number of hydrogen-bond acceptors (Lipinski definition) is 2. The fourth-order valence-electron chi connectivity index (χ4n) is 1.58. The Morgan fingerprint density at radius 1 is 1.28 bits per heavy atom. The molecule has 0 saturated heterocycles. The van der Waals surface area contributed by atoms with Crippen molar-refractivity contribution in [3.8, 4) is 0 Å². The van der Waals surface area contributed by atoms with Gasteiger partial charge >= 0.3 is 0 Å². The van der Waals surface area contributed by atoms with Gasteiger partial charge in [-0.05, 0) is 39.7 Å². The van der Waals surface area contributed by atoms with Gasteiger partial charge in [0.2, 0.25) is 0 Å². The Morgan fingerprint density at radius 2 is 1.83 bits per heavy atom. The lowest BCUT2D eigenvalue weighted by Gasteiger charge is -2.25. The molecule has 2 N–H and O–H groups in total. The zero-order valence-electron chi connectivity index (χ0n) is 11.5. The van der Waals surface area contributed by atoms with Crippen molar-refractivity contribution in [1.82, 2.24) is 4.72 Å². The molecule has 0 aliphatic carbocycles. The standard InChI is InChI=1S/C14H23NO2S/c1-11(16)10-13(12-8-6-5-7-9-12)15-18(17)14(2,3)4/h5-9,11,13,15-16H,10H2,1-4H3/t11-,13-,18+/m1/s1. The summed E-state index contributed by atoms with van der Waals surface area (Å²) < 4.78 is 15.0. The van der Waals surface area contributed by atoms with Crippen LogP contribution in [0.25, 0.3) is 0 Å². The first-order valence-corrected chi connectivity index (χ1v) is 7.36. The molecule has 0 heterocycles. The van der Waals surface area contributed by atoms with Crippen LogP contribution in [-0.4, -0.2) is 20.2 Å². The van der Waals surface area contributed by atoms with Crippen LogP contribution in [0.4, 0.5) is 0 Å². The largest absolute Gasteiger partial charge is 0.393 e. The van der Waals surface area contributed by atoms with Crippen molar-refractivity contribution in [3.05, 3.63) is 35.9 Å². The van der Waals surface area contributed by atoms with Crippen molar-refractivity contribution in [2.24, 2.45) is 0 Å². The molecule has 0 amide bonds. The van der Waals surface area contributed by atoms with Crippen LogP contribution in [0.5, 0.6) is 0 Å². The molecule has 0 aliphatic heterocycles. The van der Waals surface area contributed by atoms with Crippen molar-refractivity contribution in [2.75, 3.05) is 0 Å². The van der Waals surface area contributed by atoms with E-state index in [1.54, 1.807) is 6.92 Å². The van der Waals surface area contributed by atoms with Crippen LogP contribution in [0.1, 0.15) is 45.7 Å². The second-order valence-corrected chi connectivity index (χ2v) is 7.54. The summed E-state index contributed by atoms with van der Waals surface area (Å²) in [5, 5.41) is 9.56. The number of aliphatic hydroxyl groups excluding tert-OH is 1. The molecule has 0 aromatic heterocycles. The van der Waals surface area contributed by atoms with Gasteiger partial charge in [-0.1, -0.05) is 30.3 Å². The zero-order chi connectivity index (χ0) is 13.8. The van der Waals surface area contributed by atoms with E-state index in [4.69, 9.17) is 0 Å². The highest BCUT2D eigenvalue weighted by Crippen LogP contribution is 2.21. The molecular formula is C14H23NO2S. The van der Waals surface area contributed by atoms with Crippen LogP contribution < -0.4 is 4.72 Å². The lowest BCUT2D eigenvalue weighted by molar-refractivity contribution is 0.172.